The van der Waals surface area contributed by atoms with Gasteiger partial charge in [-0.15, -0.1) is 0 Å². The number of methoxy groups -OCH3 is 1. The Bertz CT molecular complexity index is 853. The van der Waals surface area contributed by atoms with Crippen molar-refractivity contribution in [1.82, 2.24) is 0 Å². The molecule has 2 aromatic carbocycles. The van der Waals surface area contributed by atoms with E-state index in [2.05, 4.69) is 0 Å². The molecule has 1 aliphatic rings. The summed E-state index contributed by atoms with van der Waals surface area (Å²) in [5.74, 6) is 0.592. The highest BCUT2D eigenvalue weighted by Crippen LogP contribution is 2.44. The second-order valence-corrected chi connectivity index (χ2v) is 6.35. The fourth-order valence-electron chi connectivity index (χ4n) is 3.33. The van der Waals surface area contributed by atoms with E-state index in [0.29, 0.717) is 25.2 Å². The Morgan fingerprint density at radius 3 is 2.59 bits per heavy atom. The summed E-state index contributed by atoms with van der Waals surface area (Å²) in [4.78, 5) is 24.5. The van der Waals surface area contributed by atoms with Gasteiger partial charge in [0.15, 0.2) is 0 Å². The lowest BCUT2D eigenvalue weighted by Crippen LogP contribution is -2.35. The van der Waals surface area contributed by atoms with Crippen LogP contribution in [0.2, 0.25) is 0 Å². The van der Waals surface area contributed by atoms with Crippen molar-refractivity contribution >= 4 is 11.9 Å². The Labute approximate surface area is 158 Å². The molecule has 27 heavy (non-hydrogen) atoms. The van der Waals surface area contributed by atoms with E-state index >= 15 is 0 Å². The Kier molecular flexibility index (Phi) is 5.60. The highest BCUT2D eigenvalue weighted by Gasteiger charge is 2.48. The average Bonchev–Trinajstić information content (AvgIpc) is 2.94. The van der Waals surface area contributed by atoms with E-state index in [1.807, 2.05) is 42.5 Å². The van der Waals surface area contributed by atoms with Gasteiger partial charge in [-0.25, -0.2) is 4.79 Å². The summed E-state index contributed by atoms with van der Waals surface area (Å²) in [7, 11) is 1.61. The number of hydrogen-bond donors (Lipinski definition) is 0. The van der Waals surface area contributed by atoms with Crippen molar-refractivity contribution in [3.8, 4) is 11.5 Å². The lowest BCUT2D eigenvalue weighted by molar-refractivity contribution is -0.139. The van der Waals surface area contributed by atoms with Gasteiger partial charge in [-0.2, -0.15) is 0 Å². The van der Waals surface area contributed by atoms with Gasteiger partial charge in [-0.3, -0.25) is 4.79 Å². The highest BCUT2D eigenvalue weighted by molar-refractivity contribution is 5.91. The third kappa shape index (κ3) is 3.87. The van der Waals surface area contributed by atoms with E-state index in [1.165, 1.54) is 6.08 Å². The maximum Gasteiger partial charge on any atom is 0.330 e. The molecule has 140 valence electrons. The Balaban J connectivity index is 1.94. The van der Waals surface area contributed by atoms with Gasteiger partial charge in [0.25, 0.3) is 0 Å². The van der Waals surface area contributed by atoms with Crippen LogP contribution in [0.4, 0.5) is 0 Å². The Hall–Kier alpha value is -3.08. The van der Waals surface area contributed by atoms with Crippen LogP contribution in [-0.2, 0) is 26.2 Å². The van der Waals surface area contributed by atoms with E-state index in [1.54, 1.807) is 26.2 Å². The van der Waals surface area contributed by atoms with Gasteiger partial charge in [0.1, 0.15) is 16.9 Å². The van der Waals surface area contributed by atoms with Gasteiger partial charge >= 0.3 is 11.9 Å². The van der Waals surface area contributed by atoms with Crippen molar-refractivity contribution in [2.75, 3.05) is 13.7 Å². The number of fused-ring (bicyclic) bond motifs is 1. The number of carbonyl (C=O) groups is 2. The lowest BCUT2D eigenvalue weighted by atomic mass is 9.74. The van der Waals surface area contributed by atoms with E-state index < -0.39 is 11.4 Å². The molecular weight excluding hydrogens is 344 g/mol. The van der Waals surface area contributed by atoms with Crippen molar-refractivity contribution in [1.29, 1.82) is 0 Å². The monoisotopic (exact) mass is 366 g/mol. The van der Waals surface area contributed by atoms with Crippen LogP contribution in [-0.4, -0.2) is 25.7 Å². The zero-order valence-corrected chi connectivity index (χ0v) is 15.4. The zero-order valence-electron chi connectivity index (χ0n) is 15.4. The molecule has 0 saturated carbocycles. The summed E-state index contributed by atoms with van der Waals surface area (Å²) in [5.41, 5.74) is 0.932. The van der Waals surface area contributed by atoms with Gasteiger partial charge in [0, 0.05) is 11.6 Å². The number of rotatable bonds is 7. The molecule has 5 nitrogen and oxygen atoms in total. The summed E-state index contributed by atoms with van der Waals surface area (Å²) in [6.45, 7) is 2.06. The number of ether oxygens (including phenoxy) is 3. The van der Waals surface area contributed by atoms with Gasteiger partial charge in [0.2, 0.25) is 0 Å². The first-order valence-electron chi connectivity index (χ1n) is 8.87. The Morgan fingerprint density at radius 2 is 1.89 bits per heavy atom. The van der Waals surface area contributed by atoms with Gasteiger partial charge in [-0.1, -0.05) is 36.4 Å². The molecule has 0 aromatic heterocycles. The maximum atomic E-state index is 12.9. The molecule has 5 heteroatoms. The number of esters is 2. The minimum atomic E-state index is -0.881. The van der Waals surface area contributed by atoms with Gasteiger partial charge < -0.3 is 14.2 Å². The third-order valence-electron chi connectivity index (χ3n) is 4.67. The van der Waals surface area contributed by atoms with Crippen LogP contribution in [0.3, 0.4) is 0 Å². The molecule has 0 saturated heterocycles. The van der Waals surface area contributed by atoms with Crippen molar-refractivity contribution in [2.45, 2.75) is 25.2 Å². The molecule has 0 spiro atoms. The quantitative estimate of drug-likeness (QED) is 0.426. The second kappa shape index (κ2) is 8.08. The summed E-state index contributed by atoms with van der Waals surface area (Å²) in [5, 5.41) is 0. The number of carbonyl (C=O) groups excluding carboxylic acids is 2. The van der Waals surface area contributed by atoms with Crippen LogP contribution in [0.15, 0.2) is 60.7 Å². The molecule has 1 atom stereocenters. The summed E-state index contributed by atoms with van der Waals surface area (Å²) >= 11 is 0. The van der Waals surface area contributed by atoms with Crippen molar-refractivity contribution in [3.63, 3.8) is 0 Å². The molecule has 0 fully saturated rings. The fraction of sp³-hybridized carbons (Fsp3) is 0.273. The van der Waals surface area contributed by atoms with Crippen LogP contribution in [0, 0.1) is 0 Å². The van der Waals surface area contributed by atoms with Crippen molar-refractivity contribution < 1.29 is 23.8 Å². The van der Waals surface area contributed by atoms with Crippen LogP contribution >= 0.6 is 0 Å². The van der Waals surface area contributed by atoms with E-state index in [0.717, 1.165) is 16.9 Å². The second-order valence-electron chi connectivity index (χ2n) is 6.35. The maximum absolute atomic E-state index is 12.9. The predicted molar refractivity (Wildman–Crippen MR) is 101 cm³/mol. The molecule has 1 aliphatic heterocycles. The lowest BCUT2D eigenvalue weighted by Gasteiger charge is -2.25. The number of para-hydroxylation sites is 1. The minimum absolute atomic E-state index is 0.311. The SMILES string of the molecule is CCOC(=O)/C=C/C[C@]1(Cc2ccc(OC)cc2)C(=O)Oc2ccccc21. The molecule has 3 rings (SSSR count). The summed E-state index contributed by atoms with van der Waals surface area (Å²) in [6, 6.07) is 15.0. The van der Waals surface area contributed by atoms with E-state index in [9.17, 15) is 9.59 Å². The number of allylic oxidation sites excluding steroid dienone is 1. The first-order chi connectivity index (χ1) is 13.1. The fourth-order valence-corrected chi connectivity index (χ4v) is 3.33. The van der Waals surface area contributed by atoms with Crippen LogP contribution in [0.25, 0.3) is 0 Å². The van der Waals surface area contributed by atoms with Gasteiger partial charge in [0.05, 0.1) is 13.7 Å². The standard InChI is InChI=1S/C22H22O5/c1-3-26-20(23)9-6-14-22(15-16-10-12-17(25-2)13-11-16)18-7-4-5-8-19(18)27-21(22)24/h4-13H,3,14-15H2,1-2H3/b9-6+/t22-/m1/s1. The number of hydrogen-bond acceptors (Lipinski definition) is 5. The van der Waals surface area contributed by atoms with Crippen LogP contribution < -0.4 is 9.47 Å². The molecule has 0 amide bonds. The smallest absolute Gasteiger partial charge is 0.330 e. The summed E-state index contributed by atoms with van der Waals surface area (Å²) < 4.78 is 15.7. The zero-order chi connectivity index (χ0) is 19.3. The molecule has 0 radical (unpaired) electrons. The van der Waals surface area contributed by atoms with Gasteiger partial charge in [-0.05, 0) is 43.5 Å². The first-order valence-corrected chi connectivity index (χ1v) is 8.87. The molecule has 2 aromatic rings. The van der Waals surface area contributed by atoms with Crippen molar-refractivity contribution in [2.24, 2.45) is 0 Å². The minimum Gasteiger partial charge on any atom is -0.497 e. The molecule has 0 aliphatic carbocycles. The predicted octanol–water partition coefficient (Wildman–Crippen LogP) is 3.60. The Morgan fingerprint density at radius 1 is 1.15 bits per heavy atom. The first kappa shape index (κ1) is 18.7. The molecule has 1 heterocycles. The average molecular weight is 366 g/mol. The topological polar surface area (TPSA) is 61.8 Å². The van der Waals surface area contributed by atoms with Crippen LogP contribution in [0.1, 0.15) is 24.5 Å². The molecular formula is C22H22O5. The van der Waals surface area contributed by atoms with E-state index in [4.69, 9.17) is 14.2 Å². The third-order valence-corrected chi connectivity index (χ3v) is 4.67. The number of benzene rings is 2. The molecule has 0 unspecified atom stereocenters. The van der Waals surface area contributed by atoms with Crippen LogP contribution in [0.5, 0.6) is 11.5 Å². The highest BCUT2D eigenvalue weighted by atomic mass is 16.5. The normalized spacial score (nSPS) is 18.2. The summed E-state index contributed by atoms with van der Waals surface area (Å²) in [6.07, 6.45) is 3.85. The largest absolute Gasteiger partial charge is 0.497 e. The van der Waals surface area contributed by atoms with E-state index in [-0.39, 0.29) is 5.97 Å². The molecule has 0 N–H and O–H groups in total. The van der Waals surface area contributed by atoms with Crippen molar-refractivity contribution in [3.05, 3.63) is 71.8 Å². The molecule has 0 bridgehead atoms.